The molecule has 0 unspecified atom stereocenters. The van der Waals surface area contributed by atoms with E-state index in [1.807, 2.05) is 0 Å². The van der Waals surface area contributed by atoms with Crippen LogP contribution in [-0.4, -0.2) is 36.9 Å². The van der Waals surface area contributed by atoms with Crippen molar-refractivity contribution >= 4 is 34.5 Å². The van der Waals surface area contributed by atoms with Crippen LogP contribution in [0, 0.1) is 45.3 Å². The highest BCUT2D eigenvalue weighted by Crippen LogP contribution is 2.27. The summed E-state index contributed by atoms with van der Waals surface area (Å²) in [5, 5.41) is 52.0. The molecule has 5 N–H and O–H groups in total. The van der Waals surface area contributed by atoms with Crippen molar-refractivity contribution in [3.63, 3.8) is 0 Å². The van der Waals surface area contributed by atoms with Gasteiger partial charge in [0.1, 0.15) is 30.0 Å². The summed E-state index contributed by atoms with van der Waals surface area (Å²) >= 11 is 0. The first-order valence-electron chi connectivity index (χ1n) is 9.56. The Morgan fingerprint density at radius 3 is 1.86 bits per heavy atom. The van der Waals surface area contributed by atoms with Crippen molar-refractivity contribution in [1.29, 1.82) is 21.0 Å². The van der Waals surface area contributed by atoms with Crippen LogP contribution in [0.4, 0.5) is 11.9 Å². The predicted octanol–water partition coefficient (Wildman–Crippen LogP) is 1.98. The Bertz CT molecular complexity index is 1640. The molecule has 2 aromatic carbocycles. The number of nitriles is 4. The number of aromatic nitrogens is 4. The fourth-order valence-electron chi connectivity index (χ4n) is 3.15. The molecule has 2 heterocycles. The summed E-state index contributed by atoms with van der Waals surface area (Å²) in [7, 11) is 0. The number of rotatable bonds is 4. The van der Waals surface area contributed by atoms with E-state index in [1.165, 1.54) is 24.3 Å². The lowest BCUT2D eigenvalue weighted by molar-refractivity contribution is 0.101. The van der Waals surface area contributed by atoms with Crippen molar-refractivity contribution in [3.05, 3.63) is 64.2 Å². The number of imidazole rings is 2. The Balaban J connectivity index is 1.61. The third kappa shape index (κ3) is 4.15. The van der Waals surface area contributed by atoms with Crippen molar-refractivity contribution in [1.82, 2.24) is 19.9 Å². The standard InChI is InChI=1S/C22H10N10O3/c23-6-14-15(7-24)28-21(27-14)31-19(34)11-2-1-10-5-18(33)13(4-12(10)3-11)20(35)32-22-29-16(8-25)17(9-26)30-22/h1-5,33H,(H2,27,28,31,34)(H2,29,30,32,35). The molecule has 0 atom stereocenters. The summed E-state index contributed by atoms with van der Waals surface area (Å²) in [6.45, 7) is 0. The monoisotopic (exact) mass is 462 g/mol. The average molecular weight is 462 g/mol. The summed E-state index contributed by atoms with van der Waals surface area (Å²) in [5.41, 5.74) is -0.540. The van der Waals surface area contributed by atoms with Gasteiger partial charge in [-0.15, -0.1) is 0 Å². The molecule has 4 rings (SSSR count). The highest BCUT2D eigenvalue weighted by Gasteiger charge is 2.18. The molecule has 166 valence electrons. The molecule has 0 radical (unpaired) electrons. The summed E-state index contributed by atoms with van der Waals surface area (Å²) in [6, 6.07) is 14.1. The van der Waals surface area contributed by atoms with Gasteiger partial charge >= 0.3 is 0 Å². The fourth-order valence-corrected chi connectivity index (χ4v) is 3.15. The first kappa shape index (κ1) is 22.0. The number of phenolic OH excluding ortho intramolecular Hbond substituents is 1. The second-order valence-corrected chi connectivity index (χ2v) is 6.90. The van der Waals surface area contributed by atoms with Gasteiger partial charge in [-0.3, -0.25) is 20.2 Å². The molecule has 0 aliphatic heterocycles. The van der Waals surface area contributed by atoms with Crippen LogP contribution in [0.2, 0.25) is 0 Å². The number of carbonyl (C=O) groups excluding carboxylic acids is 2. The lowest BCUT2D eigenvalue weighted by Gasteiger charge is -2.08. The van der Waals surface area contributed by atoms with Crippen LogP contribution < -0.4 is 10.6 Å². The first-order valence-corrected chi connectivity index (χ1v) is 9.56. The maximum Gasteiger partial charge on any atom is 0.261 e. The number of nitrogens with zero attached hydrogens (tertiary/aromatic N) is 6. The Labute approximate surface area is 195 Å². The van der Waals surface area contributed by atoms with Gasteiger partial charge in [-0.05, 0) is 35.0 Å². The number of benzene rings is 2. The number of fused-ring (bicyclic) bond motifs is 1. The Kier molecular flexibility index (Phi) is 5.51. The Morgan fingerprint density at radius 2 is 1.34 bits per heavy atom. The number of aromatic amines is 2. The number of carbonyl (C=O) groups is 2. The average Bonchev–Trinajstić information content (AvgIpc) is 3.45. The van der Waals surface area contributed by atoms with E-state index in [4.69, 9.17) is 21.0 Å². The van der Waals surface area contributed by atoms with Crippen LogP contribution >= 0.6 is 0 Å². The van der Waals surface area contributed by atoms with Gasteiger partial charge in [0.2, 0.25) is 11.9 Å². The highest BCUT2D eigenvalue weighted by atomic mass is 16.3. The van der Waals surface area contributed by atoms with Crippen LogP contribution in [0.5, 0.6) is 5.75 Å². The van der Waals surface area contributed by atoms with E-state index in [0.717, 1.165) is 0 Å². The topological polar surface area (TPSA) is 231 Å². The third-order valence-electron chi connectivity index (χ3n) is 4.77. The number of hydrogen-bond donors (Lipinski definition) is 5. The highest BCUT2D eigenvalue weighted by molar-refractivity contribution is 6.10. The number of nitrogens with one attached hydrogen (secondary N) is 4. The van der Waals surface area contributed by atoms with Gasteiger partial charge < -0.3 is 15.1 Å². The van der Waals surface area contributed by atoms with E-state index in [9.17, 15) is 14.7 Å². The van der Waals surface area contributed by atoms with Gasteiger partial charge in [-0.1, -0.05) is 6.07 Å². The molecule has 35 heavy (non-hydrogen) atoms. The maximum absolute atomic E-state index is 12.7. The molecule has 13 heteroatoms. The molecule has 2 aromatic heterocycles. The van der Waals surface area contributed by atoms with Gasteiger partial charge in [0.05, 0.1) is 5.56 Å². The minimum atomic E-state index is -0.773. The molecule has 0 saturated heterocycles. The smallest absolute Gasteiger partial charge is 0.261 e. The number of H-pyrrole nitrogens is 2. The molecule has 0 bridgehead atoms. The lowest BCUT2D eigenvalue weighted by atomic mass is 10.0. The zero-order valence-corrected chi connectivity index (χ0v) is 17.3. The first-order chi connectivity index (χ1) is 16.9. The third-order valence-corrected chi connectivity index (χ3v) is 4.77. The molecule has 0 aliphatic carbocycles. The van der Waals surface area contributed by atoms with Crippen LogP contribution in [0.25, 0.3) is 10.8 Å². The van der Waals surface area contributed by atoms with E-state index >= 15 is 0 Å². The molecular formula is C22H10N10O3. The van der Waals surface area contributed by atoms with Crippen molar-refractivity contribution in [2.75, 3.05) is 10.6 Å². The largest absolute Gasteiger partial charge is 0.507 e. The number of amides is 2. The van der Waals surface area contributed by atoms with Crippen LogP contribution in [0.3, 0.4) is 0 Å². The van der Waals surface area contributed by atoms with Crippen LogP contribution in [-0.2, 0) is 0 Å². The summed E-state index contributed by atoms with van der Waals surface area (Å²) in [6.07, 6.45) is 0. The molecule has 2 amide bonds. The molecule has 4 aromatic rings. The molecular weight excluding hydrogens is 452 g/mol. The van der Waals surface area contributed by atoms with Crippen molar-refractivity contribution < 1.29 is 14.7 Å². The van der Waals surface area contributed by atoms with Crippen molar-refractivity contribution in [2.24, 2.45) is 0 Å². The Hall–Kier alpha value is -6.18. The quantitative estimate of drug-likeness (QED) is 0.298. The molecule has 13 nitrogen and oxygen atoms in total. The van der Waals surface area contributed by atoms with E-state index < -0.39 is 11.8 Å². The minimum Gasteiger partial charge on any atom is -0.507 e. The van der Waals surface area contributed by atoms with Gasteiger partial charge in [-0.25, -0.2) is 9.97 Å². The van der Waals surface area contributed by atoms with Gasteiger partial charge in [0.15, 0.2) is 22.8 Å². The minimum absolute atomic E-state index is 0.0825. The number of phenols is 1. The predicted molar refractivity (Wildman–Crippen MR) is 118 cm³/mol. The zero-order valence-electron chi connectivity index (χ0n) is 17.3. The fraction of sp³-hybridized carbons (Fsp3) is 0. The second kappa shape index (κ2) is 8.75. The van der Waals surface area contributed by atoms with E-state index in [2.05, 4.69) is 30.6 Å². The summed E-state index contributed by atoms with van der Waals surface area (Å²) in [5.74, 6) is -1.95. The molecule has 0 aliphatic rings. The Morgan fingerprint density at radius 1 is 0.771 bits per heavy atom. The molecule has 0 fully saturated rings. The summed E-state index contributed by atoms with van der Waals surface area (Å²) in [4.78, 5) is 38.0. The van der Waals surface area contributed by atoms with E-state index in [1.54, 1.807) is 30.3 Å². The SMILES string of the molecule is N#Cc1nc(NC(=O)c2ccc3cc(O)c(C(=O)Nc4nc(C#N)c(C#N)[nH]4)cc3c2)[nH]c1C#N. The van der Waals surface area contributed by atoms with Gasteiger partial charge in [0.25, 0.3) is 11.8 Å². The van der Waals surface area contributed by atoms with Crippen LogP contribution in [0.1, 0.15) is 43.5 Å². The van der Waals surface area contributed by atoms with Gasteiger partial charge in [-0.2, -0.15) is 21.0 Å². The van der Waals surface area contributed by atoms with Gasteiger partial charge in [0, 0.05) is 5.56 Å². The van der Waals surface area contributed by atoms with Crippen LogP contribution in [0.15, 0.2) is 30.3 Å². The molecule has 0 spiro atoms. The maximum atomic E-state index is 12.7. The normalized spacial score (nSPS) is 9.94. The van der Waals surface area contributed by atoms with Crippen molar-refractivity contribution in [2.45, 2.75) is 0 Å². The molecule has 0 saturated carbocycles. The zero-order chi connectivity index (χ0) is 25.1. The van der Waals surface area contributed by atoms with E-state index in [0.29, 0.717) is 10.8 Å². The second-order valence-electron chi connectivity index (χ2n) is 6.90. The number of anilines is 2. The van der Waals surface area contributed by atoms with Crippen molar-refractivity contribution in [3.8, 4) is 30.0 Å². The number of aromatic hydroxyl groups is 1. The number of hydrogen-bond acceptors (Lipinski definition) is 9. The summed E-state index contributed by atoms with van der Waals surface area (Å²) < 4.78 is 0. The lowest BCUT2D eigenvalue weighted by Crippen LogP contribution is -2.14. The van der Waals surface area contributed by atoms with E-state index in [-0.39, 0.29) is 51.5 Å².